The van der Waals surface area contributed by atoms with Crippen LogP contribution in [0.15, 0.2) is 12.3 Å². The van der Waals surface area contributed by atoms with E-state index in [1.165, 1.54) is 5.69 Å². The summed E-state index contributed by atoms with van der Waals surface area (Å²) in [7, 11) is 0. The van der Waals surface area contributed by atoms with E-state index in [2.05, 4.69) is 63.8 Å². The Morgan fingerprint density at radius 1 is 1.26 bits per heavy atom. The maximum Gasteiger partial charge on any atom is 0.0627 e. The molecule has 19 heavy (non-hydrogen) atoms. The predicted octanol–water partition coefficient (Wildman–Crippen LogP) is 3.81. The lowest BCUT2D eigenvalue weighted by atomic mass is 10.0. The first kappa shape index (κ1) is 16.2. The molecule has 0 spiro atoms. The van der Waals surface area contributed by atoms with Crippen LogP contribution in [-0.2, 0) is 6.42 Å². The molecule has 1 rings (SSSR count). The Kier molecular flexibility index (Phi) is 6.05. The lowest BCUT2D eigenvalue weighted by Crippen LogP contribution is -2.39. The molecule has 1 aromatic heterocycles. The second-order valence-corrected chi connectivity index (χ2v) is 6.70. The number of rotatable bonds is 7. The van der Waals surface area contributed by atoms with Gasteiger partial charge in [0.25, 0.3) is 0 Å². The van der Waals surface area contributed by atoms with Crippen molar-refractivity contribution in [1.82, 2.24) is 15.1 Å². The zero-order chi connectivity index (χ0) is 14.5. The molecule has 0 saturated heterocycles. The molecule has 3 heteroatoms. The first-order valence-electron chi connectivity index (χ1n) is 7.64. The Hall–Kier alpha value is -0.830. The van der Waals surface area contributed by atoms with Crippen molar-refractivity contribution in [3.05, 3.63) is 18.0 Å². The molecule has 1 N–H and O–H groups in total. The van der Waals surface area contributed by atoms with Gasteiger partial charge in [0, 0.05) is 11.7 Å². The number of hydrogen-bond acceptors (Lipinski definition) is 2. The number of nitrogens with zero attached hydrogens (tertiary/aromatic N) is 2. The molecule has 110 valence electrons. The number of nitrogens with one attached hydrogen (secondary N) is 1. The zero-order valence-corrected chi connectivity index (χ0v) is 13.5. The van der Waals surface area contributed by atoms with Crippen molar-refractivity contribution in [1.29, 1.82) is 0 Å². The van der Waals surface area contributed by atoms with Crippen LogP contribution in [0.2, 0.25) is 0 Å². The van der Waals surface area contributed by atoms with E-state index in [4.69, 9.17) is 5.10 Å². The predicted molar refractivity (Wildman–Crippen MR) is 82.5 cm³/mol. The first-order chi connectivity index (χ1) is 8.85. The minimum atomic E-state index is 0.198. The van der Waals surface area contributed by atoms with Crippen molar-refractivity contribution in [2.24, 2.45) is 5.92 Å². The zero-order valence-electron chi connectivity index (χ0n) is 13.5. The average Bonchev–Trinajstić information content (AvgIpc) is 2.76. The van der Waals surface area contributed by atoms with Crippen LogP contribution >= 0.6 is 0 Å². The molecule has 0 aliphatic carbocycles. The van der Waals surface area contributed by atoms with Crippen LogP contribution in [-0.4, -0.2) is 21.9 Å². The monoisotopic (exact) mass is 265 g/mol. The molecule has 1 heterocycles. The molecule has 0 aliphatic heterocycles. The average molecular weight is 265 g/mol. The van der Waals surface area contributed by atoms with Gasteiger partial charge in [-0.15, -0.1) is 0 Å². The maximum atomic E-state index is 4.73. The van der Waals surface area contributed by atoms with Crippen LogP contribution < -0.4 is 5.32 Å². The van der Waals surface area contributed by atoms with Crippen LogP contribution in [0.4, 0.5) is 0 Å². The summed E-state index contributed by atoms with van der Waals surface area (Å²) in [5, 5.41) is 8.28. The van der Waals surface area contributed by atoms with Crippen molar-refractivity contribution < 1.29 is 0 Å². The van der Waals surface area contributed by atoms with Gasteiger partial charge < -0.3 is 5.32 Å². The Morgan fingerprint density at radius 2 is 1.89 bits per heavy atom. The Morgan fingerprint density at radius 3 is 2.42 bits per heavy atom. The highest BCUT2D eigenvalue weighted by atomic mass is 15.3. The normalized spacial score (nSPS) is 14.1. The fourth-order valence-electron chi connectivity index (χ4n) is 2.26. The highest BCUT2D eigenvalue weighted by Crippen LogP contribution is 2.16. The van der Waals surface area contributed by atoms with Gasteiger partial charge in [0.2, 0.25) is 0 Å². The molecule has 0 amide bonds. The summed E-state index contributed by atoms with van der Waals surface area (Å²) in [5.41, 5.74) is 1.42. The molecule has 0 radical (unpaired) electrons. The van der Waals surface area contributed by atoms with Gasteiger partial charge in [-0.1, -0.05) is 20.8 Å². The maximum absolute atomic E-state index is 4.73. The van der Waals surface area contributed by atoms with E-state index in [-0.39, 0.29) is 5.54 Å². The molecule has 1 aromatic rings. The summed E-state index contributed by atoms with van der Waals surface area (Å²) in [5.74, 6) is 0.615. The first-order valence-corrected chi connectivity index (χ1v) is 7.64. The fraction of sp³-hybridized carbons (Fsp3) is 0.812. The molecule has 0 bridgehead atoms. The summed E-state index contributed by atoms with van der Waals surface area (Å²) < 4.78 is 2.14. The van der Waals surface area contributed by atoms with Crippen molar-refractivity contribution in [3.8, 4) is 0 Å². The minimum absolute atomic E-state index is 0.198. The van der Waals surface area contributed by atoms with E-state index < -0.39 is 0 Å². The molecular formula is C16H31N3. The third-order valence-electron chi connectivity index (χ3n) is 3.52. The third-order valence-corrected chi connectivity index (χ3v) is 3.52. The van der Waals surface area contributed by atoms with Crippen LogP contribution in [0.5, 0.6) is 0 Å². The second kappa shape index (κ2) is 7.09. The van der Waals surface area contributed by atoms with E-state index in [1.807, 2.05) is 0 Å². The largest absolute Gasteiger partial charge is 0.312 e. The molecule has 0 aliphatic rings. The Labute approximate surface area is 118 Å². The summed E-state index contributed by atoms with van der Waals surface area (Å²) >= 11 is 0. The van der Waals surface area contributed by atoms with Gasteiger partial charge in [-0.25, -0.2) is 0 Å². The van der Waals surface area contributed by atoms with Crippen molar-refractivity contribution >= 4 is 0 Å². The summed E-state index contributed by atoms with van der Waals surface area (Å²) in [6.45, 7) is 14.4. The van der Waals surface area contributed by atoms with E-state index >= 15 is 0 Å². The fourth-order valence-corrected chi connectivity index (χ4v) is 2.26. The van der Waals surface area contributed by atoms with Gasteiger partial charge in [-0.05, 0) is 58.6 Å². The molecule has 1 atom stereocenters. The molecule has 1 unspecified atom stereocenters. The SMILES string of the molecule is CCC(CC)n1ccc(CC(C)CNC(C)(C)C)n1. The number of aromatic nitrogens is 2. The lowest BCUT2D eigenvalue weighted by molar-refractivity contribution is 0.377. The third kappa shape index (κ3) is 5.77. The van der Waals surface area contributed by atoms with Crippen LogP contribution in [0, 0.1) is 5.92 Å². The van der Waals surface area contributed by atoms with Crippen LogP contribution in [0.1, 0.15) is 66.1 Å². The number of hydrogen-bond donors (Lipinski definition) is 1. The van der Waals surface area contributed by atoms with E-state index in [0.29, 0.717) is 12.0 Å². The lowest BCUT2D eigenvalue weighted by Gasteiger charge is -2.23. The second-order valence-electron chi connectivity index (χ2n) is 6.70. The van der Waals surface area contributed by atoms with E-state index in [0.717, 1.165) is 25.8 Å². The molecule has 3 nitrogen and oxygen atoms in total. The smallest absolute Gasteiger partial charge is 0.0627 e. The van der Waals surface area contributed by atoms with Gasteiger partial charge in [0.15, 0.2) is 0 Å². The molecule has 0 saturated carbocycles. The van der Waals surface area contributed by atoms with Crippen molar-refractivity contribution in [3.63, 3.8) is 0 Å². The summed E-state index contributed by atoms with van der Waals surface area (Å²) in [6.07, 6.45) is 5.49. The molecule has 0 fully saturated rings. The summed E-state index contributed by atoms with van der Waals surface area (Å²) in [6, 6.07) is 2.73. The van der Waals surface area contributed by atoms with Crippen LogP contribution in [0.3, 0.4) is 0 Å². The summed E-state index contributed by atoms with van der Waals surface area (Å²) in [4.78, 5) is 0. The van der Waals surface area contributed by atoms with Gasteiger partial charge in [-0.2, -0.15) is 5.10 Å². The van der Waals surface area contributed by atoms with Crippen molar-refractivity contribution in [2.75, 3.05) is 6.54 Å². The van der Waals surface area contributed by atoms with Gasteiger partial charge in [0.1, 0.15) is 0 Å². The topological polar surface area (TPSA) is 29.9 Å². The molecular weight excluding hydrogens is 234 g/mol. The standard InChI is InChI=1S/C16H31N3/c1-7-15(8-2)19-10-9-14(18-19)11-13(3)12-17-16(4,5)6/h9-10,13,15,17H,7-8,11-12H2,1-6H3. The van der Waals surface area contributed by atoms with Crippen LogP contribution in [0.25, 0.3) is 0 Å². The highest BCUT2D eigenvalue weighted by Gasteiger charge is 2.13. The van der Waals surface area contributed by atoms with Crippen molar-refractivity contribution in [2.45, 2.75) is 72.4 Å². The molecule has 0 aromatic carbocycles. The van der Waals surface area contributed by atoms with E-state index in [1.54, 1.807) is 0 Å². The Bertz CT molecular complexity index is 358. The van der Waals surface area contributed by atoms with Gasteiger partial charge >= 0.3 is 0 Å². The Balaban J connectivity index is 2.49. The highest BCUT2D eigenvalue weighted by molar-refractivity contribution is 5.01. The quantitative estimate of drug-likeness (QED) is 0.812. The van der Waals surface area contributed by atoms with E-state index in [9.17, 15) is 0 Å². The van der Waals surface area contributed by atoms with Gasteiger partial charge in [0.05, 0.1) is 11.7 Å². The van der Waals surface area contributed by atoms with Gasteiger partial charge in [-0.3, -0.25) is 4.68 Å². The minimum Gasteiger partial charge on any atom is -0.312 e.